The van der Waals surface area contributed by atoms with Crippen LogP contribution in [0.15, 0.2) is 0 Å². The second-order valence-electron chi connectivity index (χ2n) is 7.80. The third-order valence-electron chi connectivity index (χ3n) is 5.01. The van der Waals surface area contributed by atoms with Crippen molar-refractivity contribution in [3.63, 3.8) is 0 Å². The highest BCUT2D eigenvalue weighted by molar-refractivity contribution is 4.55. The number of hydrogen-bond acceptors (Lipinski definition) is 3. The predicted molar refractivity (Wildman–Crippen MR) is 110 cm³/mol. The van der Waals surface area contributed by atoms with Crippen LogP contribution < -0.4 is 5.32 Å². The van der Waals surface area contributed by atoms with E-state index in [9.17, 15) is 5.11 Å². The van der Waals surface area contributed by atoms with Gasteiger partial charge in [-0.1, -0.05) is 110 Å². The van der Waals surface area contributed by atoms with Crippen molar-refractivity contribution in [2.45, 2.75) is 142 Å². The van der Waals surface area contributed by atoms with Gasteiger partial charge in [-0.2, -0.15) is 0 Å². The normalized spacial score (nSPS) is 13.9. The maximum atomic E-state index is 9.57. The standard InChI is InChI=1S/C22H47NO2/c1-3-4-5-6-7-8-9-10-11-12-13-14-15-16-17-18-19-20-22(25)23-21(2)24/h21-25H,3-20H2,1-2H3. The van der Waals surface area contributed by atoms with Crippen LogP contribution in [0.3, 0.4) is 0 Å². The van der Waals surface area contributed by atoms with Gasteiger partial charge in [-0.15, -0.1) is 0 Å². The van der Waals surface area contributed by atoms with Crippen molar-refractivity contribution in [1.82, 2.24) is 5.32 Å². The Labute approximate surface area is 158 Å². The van der Waals surface area contributed by atoms with E-state index in [1.807, 2.05) is 0 Å². The molecule has 2 unspecified atom stereocenters. The lowest BCUT2D eigenvalue weighted by molar-refractivity contribution is 0.0459. The van der Waals surface area contributed by atoms with Crippen LogP contribution >= 0.6 is 0 Å². The molecule has 152 valence electrons. The largest absolute Gasteiger partial charge is 0.379 e. The zero-order valence-corrected chi connectivity index (χ0v) is 17.3. The summed E-state index contributed by atoms with van der Waals surface area (Å²) >= 11 is 0. The zero-order chi connectivity index (χ0) is 18.6. The lowest BCUT2D eigenvalue weighted by atomic mass is 10.0. The maximum absolute atomic E-state index is 9.57. The zero-order valence-electron chi connectivity index (χ0n) is 17.3. The number of unbranched alkanes of at least 4 members (excludes halogenated alkanes) is 16. The number of nitrogens with one attached hydrogen (secondary N) is 1. The highest BCUT2D eigenvalue weighted by Gasteiger charge is 2.05. The van der Waals surface area contributed by atoms with Gasteiger partial charge in [-0.25, -0.2) is 0 Å². The molecule has 0 saturated heterocycles. The molecule has 0 aromatic carbocycles. The second kappa shape index (κ2) is 20.2. The molecule has 0 aromatic rings. The first-order chi connectivity index (χ1) is 12.2. The van der Waals surface area contributed by atoms with E-state index in [0.29, 0.717) is 0 Å². The fraction of sp³-hybridized carbons (Fsp3) is 1.00. The van der Waals surface area contributed by atoms with Gasteiger partial charge in [0.1, 0.15) is 12.5 Å². The summed E-state index contributed by atoms with van der Waals surface area (Å²) in [5.41, 5.74) is 0. The molecule has 0 aromatic heterocycles. The van der Waals surface area contributed by atoms with E-state index in [4.69, 9.17) is 5.11 Å². The minimum atomic E-state index is -0.624. The summed E-state index contributed by atoms with van der Waals surface area (Å²) in [4.78, 5) is 0. The van der Waals surface area contributed by atoms with Crippen LogP contribution in [0.25, 0.3) is 0 Å². The van der Waals surface area contributed by atoms with Gasteiger partial charge in [0.25, 0.3) is 0 Å². The van der Waals surface area contributed by atoms with Crippen molar-refractivity contribution in [3.8, 4) is 0 Å². The lowest BCUT2D eigenvalue weighted by Gasteiger charge is -2.14. The molecule has 3 nitrogen and oxygen atoms in total. The fourth-order valence-corrected chi connectivity index (χ4v) is 3.42. The van der Waals surface area contributed by atoms with E-state index in [2.05, 4.69) is 12.2 Å². The summed E-state index contributed by atoms with van der Waals surface area (Å²) in [5.74, 6) is 0. The third kappa shape index (κ3) is 21.8. The summed E-state index contributed by atoms with van der Waals surface area (Å²) in [6, 6.07) is 0. The van der Waals surface area contributed by atoms with E-state index in [0.717, 1.165) is 12.8 Å². The van der Waals surface area contributed by atoms with E-state index >= 15 is 0 Å². The average Bonchev–Trinajstić information content (AvgIpc) is 2.57. The van der Waals surface area contributed by atoms with Crippen molar-refractivity contribution in [1.29, 1.82) is 0 Å². The topological polar surface area (TPSA) is 52.5 Å². The van der Waals surface area contributed by atoms with Crippen LogP contribution in [0.1, 0.15) is 129 Å². The van der Waals surface area contributed by atoms with Gasteiger partial charge in [0.05, 0.1) is 0 Å². The molecule has 0 radical (unpaired) electrons. The molecule has 0 saturated carbocycles. The van der Waals surface area contributed by atoms with Crippen molar-refractivity contribution >= 4 is 0 Å². The average molecular weight is 358 g/mol. The first-order valence-electron chi connectivity index (χ1n) is 11.3. The predicted octanol–water partition coefficient (Wildman–Crippen LogP) is 6.27. The van der Waals surface area contributed by atoms with Crippen LogP contribution in [-0.2, 0) is 0 Å². The molecule has 25 heavy (non-hydrogen) atoms. The van der Waals surface area contributed by atoms with Gasteiger partial charge in [0, 0.05) is 0 Å². The molecular weight excluding hydrogens is 310 g/mol. The van der Waals surface area contributed by atoms with Gasteiger partial charge in [-0.3, -0.25) is 5.32 Å². The SMILES string of the molecule is CCCCCCCCCCCCCCCCCCCC(O)NC(C)O. The molecule has 3 heteroatoms. The molecule has 0 rings (SSSR count). The third-order valence-corrected chi connectivity index (χ3v) is 5.01. The molecule has 2 atom stereocenters. The Balaban J connectivity index is 3.05. The highest BCUT2D eigenvalue weighted by Crippen LogP contribution is 2.14. The van der Waals surface area contributed by atoms with Crippen LogP contribution in [0, 0.1) is 0 Å². The molecular formula is C22H47NO2. The summed E-state index contributed by atoms with van der Waals surface area (Å²) in [6.45, 7) is 3.92. The van der Waals surface area contributed by atoms with Crippen molar-refractivity contribution < 1.29 is 10.2 Å². The van der Waals surface area contributed by atoms with Crippen LogP contribution in [0.5, 0.6) is 0 Å². The van der Waals surface area contributed by atoms with E-state index in [1.54, 1.807) is 6.92 Å². The quantitative estimate of drug-likeness (QED) is 0.178. The number of hydrogen-bond donors (Lipinski definition) is 3. The lowest BCUT2D eigenvalue weighted by Crippen LogP contribution is -2.35. The molecule has 0 aliphatic heterocycles. The minimum absolute atomic E-state index is 0.559. The number of aliphatic hydroxyl groups is 2. The summed E-state index contributed by atoms with van der Waals surface area (Å²) in [5, 5.41) is 21.4. The van der Waals surface area contributed by atoms with E-state index in [1.165, 1.54) is 103 Å². The first-order valence-corrected chi connectivity index (χ1v) is 11.3. The van der Waals surface area contributed by atoms with Gasteiger partial charge in [-0.05, 0) is 19.8 Å². The molecule has 0 bridgehead atoms. The van der Waals surface area contributed by atoms with Crippen LogP contribution in [-0.4, -0.2) is 22.7 Å². The minimum Gasteiger partial charge on any atom is -0.379 e. The van der Waals surface area contributed by atoms with Crippen LogP contribution in [0.4, 0.5) is 0 Å². The maximum Gasteiger partial charge on any atom is 0.106 e. The smallest absolute Gasteiger partial charge is 0.106 e. The molecule has 0 heterocycles. The van der Waals surface area contributed by atoms with Gasteiger partial charge >= 0.3 is 0 Å². The first kappa shape index (κ1) is 24.9. The molecule has 0 fully saturated rings. The highest BCUT2D eigenvalue weighted by atomic mass is 16.3. The molecule has 0 spiro atoms. The Hall–Kier alpha value is -0.120. The number of rotatable bonds is 20. The molecule has 0 aliphatic carbocycles. The molecule has 0 aliphatic rings. The van der Waals surface area contributed by atoms with E-state index in [-0.39, 0.29) is 0 Å². The Kier molecular flexibility index (Phi) is 20.1. The van der Waals surface area contributed by atoms with Crippen molar-refractivity contribution in [2.24, 2.45) is 0 Å². The summed E-state index contributed by atoms with van der Waals surface area (Å²) < 4.78 is 0. The second-order valence-corrected chi connectivity index (χ2v) is 7.80. The number of aliphatic hydroxyl groups excluding tert-OH is 2. The monoisotopic (exact) mass is 357 g/mol. The summed E-state index contributed by atoms with van der Waals surface area (Å²) in [6.07, 6.45) is 22.9. The van der Waals surface area contributed by atoms with Crippen LogP contribution in [0.2, 0.25) is 0 Å². The summed E-state index contributed by atoms with van der Waals surface area (Å²) in [7, 11) is 0. The van der Waals surface area contributed by atoms with Crippen molar-refractivity contribution in [3.05, 3.63) is 0 Å². The Bertz CT molecular complexity index is 246. The Morgan fingerprint density at radius 3 is 1.20 bits per heavy atom. The van der Waals surface area contributed by atoms with Gasteiger partial charge in [0.2, 0.25) is 0 Å². The molecule has 0 amide bonds. The van der Waals surface area contributed by atoms with Crippen molar-refractivity contribution in [2.75, 3.05) is 0 Å². The Morgan fingerprint density at radius 2 is 0.880 bits per heavy atom. The Morgan fingerprint density at radius 1 is 0.560 bits per heavy atom. The molecule has 3 N–H and O–H groups in total. The van der Waals surface area contributed by atoms with E-state index < -0.39 is 12.5 Å². The fourth-order valence-electron chi connectivity index (χ4n) is 3.42. The van der Waals surface area contributed by atoms with Gasteiger partial charge in [0.15, 0.2) is 0 Å². The van der Waals surface area contributed by atoms with Gasteiger partial charge < -0.3 is 10.2 Å².